The number of nitrogens with zero attached hydrogens (tertiary/aromatic N) is 4. The van der Waals surface area contributed by atoms with E-state index in [-0.39, 0.29) is 0 Å². The van der Waals surface area contributed by atoms with Crippen LogP contribution in [0.3, 0.4) is 0 Å². The summed E-state index contributed by atoms with van der Waals surface area (Å²) in [6.07, 6.45) is 5.10. The Kier molecular flexibility index (Phi) is 15.6. The molecule has 2 heterocycles. The summed E-state index contributed by atoms with van der Waals surface area (Å²) in [4.78, 5) is 10.9. The van der Waals surface area contributed by atoms with Crippen LogP contribution in [0.2, 0.25) is 0 Å². The van der Waals surface area contributed by atoms with E-state index in [1.807, 2.05) is 91.0 Å². The number of hydrogen-bond donors (Lipinski definition) is 0. The molecule has 0 fully saturated rings. The lowest BCUT2D eigenvalue weighted by Gasteiger charge is -2.14. The molecule has 4 nitrogen and oxygen atoms in total. The Balaban J connectivity index is 0.000000142. The molecule has 15 aromatic carbocycles. The highest BCUT2D eigenvalue weighted by Crippen LogP contribution is 2.44. The highest BCUT2D eigenvalue weighted by Gasteiger charge is 2.24. The minimum Gasteiger partial charge on any atom is -0.292 e. The molecule has 17 aromatic rings. The van der Waals surface area contributed by atoms with Gasteiger partial charge in [-0.2, -0.15) is 0 Å². The first-order valence-electron chi connectivity index (χ1n) is 30.3. The minimum absolute atomic E-state index is 0.910. The number of benzene rings is 15. The van der Waals surface area contributed by atoms with Gasteiger partial charge in [0.2, 0.25) is 0 Å². The average Bonchev–Trinajstić information content (AvgIpc) is 1.53. The summed E-state index contributed by atoms with van der Waals surface area (Å²) in [5.41, 5.74) is 13.4. The van der Waals surface area contributed by atoms with Crippen LogP contribution in [0.4, 0.5) is 0 Å². The molecule has 0 aliphatic carbocycles. The molecule has 0 saturated carbocycles. The molecule has 17 rings (SSSR count). The van der Waals surface area contributed by atoms with Gasteiger partial charge < -0.3 is 0 Å². The summed E-state index contributed by atoms with van der Waals surface area (Å²) in [6, 6.07) is 107. The molecule has 0 unspecified atom stereocenters. The summed E-state index contributed by atoms with van der Waals surface area (Å²) in [5.74, 6) is 17.9. The average molecular weight is 1300 g/mol. The maximum absolute atomic E-state index is 5.51. The zero-order valence-corrected chi connectivity index (χ0v) is 52.7. The van der Waals surface area contributed by atoms with Crippen LogP contribution in [0.25, 0.3) is 121 Å². The zero-order valence-electron chi connectivity index (χ0n) is 49.6. The lowest BCUT2D eigenvalue weighted by Crippen LogP contribution is -1.98. The van der Waals surface area contributed by atoms with E-state index in [1.165, 1.54) is 37.7 Å². The van der Waals surface area contributed by atoms with Gasteiger partial charge in [-0.15, -0.1) is 6.42 Å². The van der Waals surface area contributed by atoms with Gasteiger partial charge in [0.05, 0.1) is 22.1 Å². The van der Waals surface area contributed by atoms with Crippen LogP contribution in [-0.2, 0) is 0 Å². The molecule has 6 heteroatoms. The van der Waals surface area contributed by atoms with E-state index < -0.39 is 0 Å². The fourth-order valence-electron chi connectivity index (χ4n) is 12.4. The van der Waals surface area contributed by atoms with E-state index >= 15 is 0 Å². The van der Waals surface area contributed by atoms with E-state index in [2.05, 4.69) is 289 Å². The number of halogens is 2. The van der Waals surface area contributed by atoms with E-state index in [0.29, 0.717) is 0 Å². The van der Waals surface area contributed by atoms with Gasteiger partial charge in [-0.05, 0) is 152 Å². The predicted octanol–water partition coefficient (Wildman–Crippen LogP) is 22.3. The van der Waals surface area contributed by atoms with Crippen molar-refractivity contribution in [3.8, 4) is 70.2 Å². The fraction of sp³-hybridized carbons (Fsp3) is 0. The first kappa shape index (κ1) is 56.9. The van der Waals surface area contributed by atoms with Crippen molar-refractivity contribution in [2.24, 2.45) is 0 Å². The van der Waals surface area contributed by atoms with E-state index in [1.54, 1.807) is 0 Å². The third kappa shape index (κ3) is 11.0. The summed E-state index contributed by atoms with van der Waals surface area (Å²) in [5, 5.41) is 13.9. The predicted molar refractivity (Wildman–Crippen MR) is 393 cm³/mol. The third-order valence-electron chi connectivity index (χ3n) is 16.6. The van der Waals surface area contributed by atoms with E-state index in [9.17, 15) is 0 Å². The number of hydrogen-bond acceptors (Lipinski definition) is 2. The first-order chi connectivity index (χ1) is 45.4. The Morgan fingerprint density at radius 3 is 1.05 bits per heavy atom. The highest BCUT2D eigenvalue weighted by molar-refractivity contribution is 9.10. The van der Waals surface area contributed by atoms with Crippen LogP contribution in [0.1, 0.15) is 27.8 Å². The standard InChI is InChI=1S/C47H28N2.C31H18Br2N2.C8H6/c1-4-13-33(14-5-1)23-25-35-27-29-40-43(31-35)44-32-36(26-24-34-15-6-2-7-16-34)28-30-41(44)46-45(40)48-47(49(46)38-19-8-3-9-20-38)42-22-12-18-37-17-10-11-21-39(37)42;32-20-13-15-24-27(17-20)28-18-21(33)14-16-25(28)30-29(24)34-31(35(30)22-9-2-1-3-10-22)26-12-6-8-19-7-4-5-11-23(19)26;1-2-8-6-4-3-5-7-8/h1-22,27-32H;1-18H;1,3-7H. The molecule has 0 aliphatic heterocycles. The molecule has 92 heavy (non-hydrogen) atoms. The van der Waals surface area contributed by atoms with E-state index in [4.69, 9.17) is 16.4 Å². The highest BCUT2D eigenvalue weighted by atomic mass is 79.9. The molecular formula is C86H52Br2N4. The molecule has 0 amide bonds. The molecule has 0 saturated heterocycles. The van der Waals surface area contributed by atoms with E-state index in [0.717, 1.165) is 120 Å². The molecule has 0 aliphatic rings. The largest absolute Gasteiger partial charge is 0.292 e. The zero-order chi connectivity index (χ0) is 61.9. The normalized spacial score (nSPS) is 11.0. The van der Waals surface area contributed by atoms with Gasteiger partial charge in [0.15, 0.2) is 0 Å². The van der Waals surface area contributed by atoms with Crippen molar-refractivity contribution < 1.29 is 0 Å². The quantitative estimate of drug-likeness (QED) is 0.130. The summed E-state index contributed by atoms with van der Waals surface area (Å²) in [6.45, 7) is 0. The molecule has 0 N–H and O–H groups in total. The Morgan fingerprint density at radius 1 is 0.272 bits per heavy atom. The lowest BCUT2D eigenvalue weighted by molar-refractivity contribution is 1.11. The van der Waals surface area contributed by atoms with Crippen LogP contribution in [0.15, 0.2) is 318 Å². The topological polar surface area (TPSA) is 35.6 Å². The van der Waals surface area contributed by atoms with Gasteiger partial charge in [0.1, 0.15) is 11.6 Å². The van der Waals surface area contributed by atoms with Crippen LogP contribution in [0, 0.1) is 36.0 Å². The fourth-order valence-corrected chi connectivity index (χ4v) is 13.2. The number of para-hydroxylation sites is 2. The Bertz CT molecular complexity index is 5840. The van der Waals surface area contributed by atoms with Crippen molar-refractivity contribution in [1.29, 1.82) is 0 Å². The Hall–Kier alpha value is -11.6. The van der Waals surface area contributed by atoms with Gasteiger partial charge in [0, 0.05) is 80.8 Å². The maximum atomic E-state index is 5.51. The van der Waals surface area contributed by atoms with Crippen molar-refractivity contribution in [2.45, 2.75) is 0 Å². The molecule has 0 bridgehead atoms. The van der Waals surface area contributed by atoms with Crippen molar-refractivity contribution in [3.63, 3.8) is 0 Å². The maximum Gasteiger partial charge on any atom is 0.146 e. The van der Waals surface area contributed by atoms with Crippen LogP contribution >= 0.6 is 31.9 Å². The van der Waals surface area contributed by atoms with Crippen molar-refractivity contribution in [1.82, 2.24) is 19.1 Å². The summed E-state index contributed by atoms with van der Waals surface area (Å²) < 4.78 is 6.78. The lowest BCUT2D eigenvalue weighted by atomic mass is 9.96. The number of fused-ring (bicyclic) bond motifs is 14. The van der Waals surface area contributed by atoms with Crippen molar-refractivity contribution >= 4 is 119 Å². The molecular weight excluding hydrogens is 1250 g/mol. The number of terminal acetylenes is 1. The first-order valence-corrected chi connectivity index (χ1v) is 31.9. The van der Waals surface area contributed by atoms with Gasteiger partial charge in [0.25, 0.3) is 0 Å². The minimum atomic E-state index is 0.910. The van der Waals surface area contributed by atoms with Gasteiger partial charge >= 0.3 is 0 Å². The number of rotatable bonds is 4. The summed E-state index contributed by atoms with van der Waals surface area (Å²) in [7, 11) is 0. The second kappa shape index (κ2) is 25.1. The van der Waals surface area contributed by atoms with Gasteiger partial charge in [-0.25, -0.2) is 9.97 Å². The third-order valence-corrected chi connectivity index (χ3v) is 17.6. The molecule has 2 aromatic heterocycles. The molecule has 430 valence electrons. The summed E-state index contributed by atoms with van der Waals surface area (Å²) >= 11 is 7.38. The second-order valence-electron chi connectivity index (χ2n) is 22.3. The second-order valence-corrected chi connectivity index (χ2v) is 24.1. The Morgan fingerprint density at radius 2 is 0.609 bits per heavy atom. The van der Waals surface area contributed by atoms with Crippen molar-refractivity contribution in [3.05, 3.63) is 346 Å². The SMILES string of the molecule is Brc1ccc2c(c1)c1cc(Br)ccc1c1c2nc(-c2cccc3ccccc23)n1-c1ccccc1.C#Cc1ccccc1.C(#Cc1ccc2c(c1)c1cc(C#Cc3ccccc3)ccc1c1c2nc(-c2cccc3ccccc23)n1-c1ccccc1)c1ccccc1. The monoisotopic (exact) mass is 1300 g/mol. The van der Waals surface area contributed by atoms with Crippen LogP contribution in [-0.4, -0.2) is 19.1 Å². The molecule has 0 atom stereocenters. The number of aromatic nitrogens is 4. The van der Waals surface area contributed by atoms with Gasteiger partial charge in [-0.3, -0.25) is 9.13 Å². The smallest absolute Gasteiger partial charge is 0.146 e. The van der Waals surface area contributed by atoms with Crippen LogP contribution in [0.5, 0.6) is 0 Å². The molecule has 0 radical (unpaired) electrons. The van der Waals surface area contributed by atoms with Crippen LogP contribution < -0.4 is 0 Å². The Labute approximate surface area is 550 Å². The molecule has 0 spiro atoms. The van der Waals surface area contributed by atoms with Gasteiger partial charge in [-0.1, -0.05) is 262 Å². The number of imidazole rings is 2. The van der Waals surface area contributed by atoms with Crippen molar-refractivity contribution in [2.75, 3.05) is 0 Å².